The van der Waals surface area contributed by atoms with E-state index < -0.39 is 6.10 Å². The predicted octanol–water partition coefficient (Wildman–Crippen LogP) is 3.37. The first-order valence-corrected chi connectivity index (χ1v) is 6.15. The second-order valence-electron chi connectivity index (χ2n) is 4.36. The summed E-state index contributed by atoms with van der Waals surface area (Å²) in [5, 5.41) is 9.70. The van der Waals surface area contributed by atoms with Crippen molar-refractivity contribution in [3.8, 4) is 0 Å². The highest BCUT2D eigenvalue weighted by Crippen LogP contribution is 2.25. The van der Waals surface area contributed by atoms with Gasteiger partial charge in [0.1, 0.15) is 0 Å². The molecule has 0 unspecified atom stereocenters. The fourth-order valence-corrected chi connectivity index (χ4v) is 1.91. The number of nitrogens with zero attached hydrogens (tertiary/aromatic N) is 1. The van der Waals surface area contributed by atoms with Crippen molar-refractivity contribution < 1.29 is 5.11 Å². The standard InChI is InChI=1S/C14H23NO/c1-4-5-8-11-15(3)14-10-7-6-9-13(14)12(2)16/h6-7,9-10,12,16H,4-5,8,11H2,1-3H3/t12-/m0/s1. The van der Waals surface area contributed by atoms with Crippen LogP contribution in [0.5, 0.6) is 0 Å². The maximum atomic E-state index is 9.70. The topological polar surface area (TPSA) is 23.5 Å². The van der Waals surface area contributed by atoms with Crippen LogP contribution in [0.4, 0.5) is 5.69 Å². The van der Waals surface area contributed by atoms with Gasteiger partial charge in [0, 0.05) is 24.8 Å². The highest BCUT2D eigenvalue weighted by molar-refractivity contribution is 5.53. The van der Waals surface area contributed by atoms with E-state index >= 15 is 0 Å². The normalized spacial score (nSPS) is 12.5. The molecule has 0 saturated heterocycles. The molecule has 0 aliphatic heterocycles. The van der Waals surface area contributed by atoms with Gasteiger partial charge in [-0.1, -0.05) is 38.0 Å². The number of unbranched alkanes of at least 4 members (excludes halogenated alkanes) is 2. The van der Waals surface area contributed by atoms with E-state index in [2.05, 4.69) is 24.9 Å². The highest BCUT2D eigenvalue weighted by Gasteiger charge is 2.10. The van der Waals surface area contributed by atoms with E-state index in [0.717, 1.165) is 17.8 Å². The Morgan fingerprint density at radius 1 is 1.25 bits per heavy atom. The molecule has 0 aliphatic rings. The van der Waals surface area contributed by atoms with Crippen LogP contribution in [0.3, 0.4) is 0 Å². The molecule has 90 valence electrons. The molecule has 0 radical (unpaired) electrons. The molecule has 0 fully saturated rings. The molecule has 0 saturated carbocycles. The molecule has 1 atom stereocenters. The van der Waals surface area contributed by atoms with Crippen LogP contribution in [-0.2, 0) is 0 Å². The van der Waals surface area contributed by atoms with E-state index in [1.807, 2.05) is 25.1 Å². The van der Waals surface area contributed by atoms with Crippen molar-refractivity contribution in [3.63, 3.8) is 0 Å². The zero-order valence-corrected chi connectivity index (χ0v) is 10.6. The van der Waals surface area contributed by atoms with Crippen LogP contribution in [-0.4, -0.2) is 18.7 Å². The van der Waals surface area contributed by atoms with Crippen LogP contribution >= 0.6 is 0 Å². The number of anilines is 1. The maximum absolute atomic E-state index is 9.70. The first-order valence-electron chi connectivity index (χ1n) is 6.15. The molecule has 16 heavy (non-hydrogen) atoms. The summed E-state index contributed by atoms with van der Waals surface area (Å²) in [5.74, 6) is 0. The number of para-hydroxylation sites is 1. The molecule has 0 heterocycles. The predicted molar refractivity (Wildman–Crippen MR) is 69.9 cm³/mol. The van der Waals surface area contributed by atoms with Gasteiger partial charge < -0.3 is 10.0 Å². The lowest BCUT2D eigenvalue weighted by Crippen LogP contribution is -2.20. The number of benzene rings is 1. The third-order valence-electron chi connectivity index (χ3n) is 2.90. The summed E-state index contributed by atoms with van der Waals surface area (Å²) in [5.41, 5.74) is 2.16. The molecule has 0 bridgehead atoms. The molecule has 2 heteroatoms. The summed E-state index contributed by atoms with van der Waals surface area (Å²) in [6.45, 7) is 5.08. The summed E-state index contributed by atoms with van der Waals surface area (Å²) >= 11 is 0. The molecule has 0 aromatic heterocycles. The Kier molecular flexibility index (Phi) is 5.33. The summed E-state index contributed by atoms with van der Waals surface area (Å²) < 4.78 is 0. The van der Waals surface area contributed by atoms with Crippen molar-refractivity contribution in [2.24, 2.45) is 0 Å². The molecule has 1 rings (SSSR count). The van der Waals surface area contributed by atoms with Gasteiger partial charge in [-0.2, -0.15) is 0 Å². The summed E-state index contributed by atoms with van der Waals surface area (Å²) in [4.78, 5) is 2.23. The highest BCUT2D eigenvalue weighted by atomic mass is 16.3. The fraction of sp³-hybridized carbons (Fsp3) is 0.571. The van der Waals surface area contributed by atoms with Gasteiger partial charge in [0.25, 0.3) is 0 Å². The van der Waals surface area contributed by atoms with E-state index in [0.29, 0.717) is 0 Å². The van der Waals surface area contributed by atoms with Gasteiger partial charge in [0.05, 0.1) is 6.10 Å². The van der Waals surface area contributed by atoms with Gasteiger partial charge in [-0.05, 0) is 19.4 Å². The van der Waals surface area contributed by atoms with Gasteiger partial charge in [-0.25, -0.2) is 0 Å². The quantitative estimate of drug-likeness (QED) is 0.744. The van der Waals surface area contributed by atoms with E-state index in [1.165, 1.54) is 19.3 Å². The fourth-order valence-electron chi connectivity index (χ4n) is 1.91. The Morgan fingerprint density at radius 2 is 1.94 bits per heavy atom. The summed E-state index contributed by atoms with van der Waals surface area (Å²) in [6, 6.07) is 8.08. The molecule has 1 aromatic rings. The lowest BCUT2D eigenvalue weighted by Gasteiger charge is -2.23. The lowest BCUT2D eigenvalue weighted by molar-refractivity contribution is 0.199. The largest absolute Gasteiger partial charge is 0.389 e. The van der Waals surface area contributed by atoms with Crippen molar-refractivity contribution in [1.29, 1.82) is 0 Å². The minimum atomic E-state index is -0.398. The molecule has 0 amide bonds. The van der Waals surface area contributed by atoms with Crippen LogP contribution in [0.25, 0.3) is 0 Å². The number of aliphatic hydroxyl groups excluding tert-OH is 1. The Balaban J connectivity index is 2.70. The summed E-state index contributed by atoms with van der Waals surface area (Å²) in [6.07, 6.45) is 3.32. The van der Waals surface area contributed by atoms with E-state index in [4.69, 9.17) is 0 Å². The van der Waals surface area contributed by atoms with Crippen LogP contribution < -0.4 is 4.90 Å². The van der Waals surface area contributed by atoms with Crippen LogP contribution in [0.15, 0.2) is 24.3 Å². The van der Waals surface area contributed by atoms with Crippen molar-refractivity contribution in [2.75, 3.05) is 18.5 Å². The Hall–Kier alpha value is -1.02. The minimum absolute atomic E-state index is 0.398. The third kappa shape index (κ3) is 3.53. The second-order valence-corrected chi connectivity index (χ2v) is 4.36. The SMILES string of the molecule is CCCCCN(C)c1ccccc1[C@H](C)O. The molecule has 1 aromatic carbocycles. The van der Waals surface area contributed by atoms with Crippen LogP contribution in [0.2, 0.25) is 0 Å². The van der Waals surface area contributed by atoms with E-state index in [9.17, 15) is 5.11 Å². The molecular weight excluding hydrogens is 198 g/mol. The van der Waals surface area contributed by atoms with Crippen LogP contribution in [0, 0.1) is 0 Å². The summed E-state index contributed by atoms with van der Waals surface area (Å²) in [7, 11) is 2.09. The van der Waals surface area contributed by atoms with Gasteiger partial charge in [-0.3, -0.25) is 0 Å². The van der Waals surface area contributed by atoms with Gasteiger partial charge in [0.15, 0.2) is 0 Å². The first-order chi connectivity index (χ1) is 7.66. The molecular formula is C14H23NO. The zero-order valence-electron chi connectivity index (χ0n) is 10.6. The first kappa shape index (κ1) is 13.0. The number of hydrogen-bond donors (Lipinski definition) is 1. The smallest absolute Gasteiger partial charge is 0.0781 e. The van der Waals surface area contributed by atoms with Crippen molar-refractivity contribution >= 4 is 5.69 Å². The van der Waals surface area contributed by atoms with E-state index in [1.54, 1.807) is 0 Å². The monoisotopic (exact) mass is 221 g/mol. The Bertz CT molecular complexity index is 309. The number of rotatable bonds is 6. The average Bonchev–Trinajstić information content (AvgIpc) is 2.29. The lowest BCUT2D eigenvalue weighted by atomic mass is 10.1. The van der Waals surface area contributed by atoms with Crippen molar-refractivity contribution in [1.82, 2.24) is 0 Å². The van der Waals surface area contributed by atoms with E-state index in [-0.39, 0.29) is 0 Å². The third-order valence-corrected chi connectivity index (χ3v) is 2.90. The van der Waals surface area contributed by atoms with Gasteiger partial charge in [0.2, 0.25) is 0 Å². The van der Waals surface area contributed by atoms with Crippen molar-refractivity contribution in [3.05, 3.63) is 29.8 Å². The Labute approximate surface area is 98.9 Å². The average molecular weight is 221 g/mol. The number of hydrogen-bond acceptors (Lipinski definition) is 2. The minimum Gasteiger partial charge on any atom is -0.389 e. The Morgan fingerprint density at radius 3 is 2.56 bits per heavy atom. The maximum Gasteiger partial charge on any atom is 0.0781 e. The molecule has 0 aliphatic carbocycles. The van der Waals surface area contributed by atoms with Crippen LogP contribution in [0.1, 0.15) is 44.8 Å². The molecule has 1 N–H and O–H groups in total. The van der Waals surface area contributed by atoms with Gasteiger partial charge in [-0.15, -0.1) is 0 Å². The van der Waals surface area contributed by atoms with Crippen molar-refractivity contribution in [2.45, 2.75) is 39.2 Å². The zero-order chi connectivity index (χ0) is 12.0. The number of aliphatic hydroxyl groups is 1. The van der Waals surface area contributed by atoms with Gasteiger partial charge >= 0.3 is 0 Å². The molecule has 2 nitrogen and oxygen atoms in total. The second kappa shape index (κ2) is 6.54. The molecule has 0 spiro atoms.